The molecular formula is C13H15NO6. The summed E-state index contributed by atoms with van der Waals surface area (Å²) in [5.41, 5.74) is 0.479. The molecule has 1 N–H and O–H groups in total. The van der Waals surface area contributed by atoms with Crippen molar-refractivity contribution in [1.82, 2.24) is 0 Å². The summed E-state index contributed by atoms with van der Waals surface area (Å²) in [6.07, 6.45) is 0. The minimum absolute atomic E-state index is 0.0240. The normalized spacial score (nSPS) is 13.5. The number of fused-ring (bicyclic) bond motifs is 1. The van der Waals surface area contributed by atoms with Crippen molar-refractivity contribution >= 4 is 17.4 Å². The van der Waals surface area contributed by atoms with Crippen LogP contribution in [0.2, 0.25) is 0 Å². The molecule has 0 aromatic heterocycles. The number of carbonyl (C=O) groups is 2. The van der Waals surface area contributed by atoms with E-state index in [-0.39, 0.29) is 30.2 Å². The van der Waals surface area contributed by atoms with Gasteiger partial charge in [0.1, 0.15) is 0 Å². The number of hydrogen-bond donors (Lipinski definition) is 1. The Bertz CT molecular complexity index is 568. The highest BCUT2D eigenvalue weighted by Crippen LogP contribution is 2.47. The molecule has 0 atom stereocenters. The summed E-state index contributed by atoms with van der Waals surface area (Å²) in [4.78, 5) is 25.2. The van der Waals surface area contributed by atoms with Gasteiger partial charge in [-0.1, -0.05) is 0 Å². The third-order valence-corrected chi connectivity index (χ3v) is 3.09. The Kier molecular flexibility index (Phi) is 3.80. The number of rotatable bonds is 5. The van der Waals surface area contributed by atoms with Gasteiger partial charge >= 0.3 is 0 Å². The van der Waals surface area contributed by atoms with E-state index in [4.69, 9.17) is 19.3 Å². The number of nitrogens with zero attached hydrogens (tertiary/aromatic N) is 1. The average molecular weight is 281 g/mol. The first-order valence-electron chi connectivity index (χ1n) is 5.90. The third-order valence-electron chi connectivity index (χ3n) is 3.09. The van der Waals surface area contributed by atoms with Crippen molar-refractivity contribution in [2.24, 2.45) is 0 Å². The number of carbonyl (C=O) groups excluding carboxylic acids is 2. The minimum atomic E-state index is -0.706. The van der Waals surface area contributed by atoms with E-state index in [9.17, 15) is 9.59 Å². The first-order valence-corrected chi connectivity index (χ1v) is 5.90. The molecule has 0 spiro atoms. The maximum absolute atomic E-state index is 12.1. The lowest BCUT2D eigenvalue weighted by Gasteiger charge is -2.18. The van der Waals surface area contributed by atoms with E-state index in [2.05, 4.69) is 0 Å². The van der Waals surface area contributed by atoms with Crippen LogP contribution in [0.25, 0.3) is 0 Å². The predicted molar refractivity (Wildman–Crippen MR) is 69.9 cm³/mol. The van der Waals surface area contributed by atoms with E-state index in [1.807, 2.05) is 0 Å². The number of benzene rings is 1. The Morgan fingerprint density at radius 1 is 1.10 bits per heavy atom. The molecule has 1 aliphatic rings. The number of β-amino-alcohol motifs (C(OH)–C–C–N with tert-alkyl or cyclic N) is 1. The number of aliphatic hydroxyl groups is 1. The van der Waals surface area contributed by atoms with Gasteiger partial charge in [-0.2, -0.15) is 0 Å². The smallest absolute Gasteiger partial charge is 0.299 e. The largest absolute Gasteiger partial charge is 0.493 e. The van der Waals surface area contributed by atoms with Crippen LogP contribution in [-0.4, -0.2) is 51.3 Å². The van der Waals surface area contributed by atoms with Gasteiger partial charge in [-0.05, 0) is 0 Å². The Balaban J connectivity index is 2.72. The number of aliphatic hydroxyl groups excluding tert-OH is 1. The summed E-state index contributed by atoms with van der Waals surface area (Å²) in [5, 5.41) is 9.02. The number of ketones is 1. The zero-order valence-electron chi connectivity index (χ0n) is 11.4. The maximum atomic E-state index is 12.1. The SMILES string of the molecule is COc1cc2c(c(OC)c1OC)C(=O)C(=O)N2CCO. The molecule has 0 saturated carbocycles. The van der Waals surface area contributed by atoms with Crippen LogP contribution < -0.4 is 19.1 Å². The number of ether oxygens (including phenoxy) is 3. The molecule has 108 valence electrons. The van der Waals surface area contributed by atoms with Gasteiger partial charge in [-0.15, -0.1) is 0 Å². The van der Waals surface area contributed by atoms with Crippen molar-refractivity contribution in [3.05, 3.63) is 11.6 Å². The molecule has 1 aliphatic heterocycles. The molecular weight excluding hydrogens is 266 g/mol. The van der Waals surface area contributed by atoms with E-state index in [0.717, 1.165) is 0 Å². The lowest BCUT2D eigenvalue weighted by molar-refractivity contribution is -0.114. The molecule has 2 rings (SSSR count). The topological polar surface area (TPSA) is 85.3 Å². The van der Waals surface area contributed by atoms with E-state index in [0.29, 0.717) is 11.4 Å². The van der Waals surface area contributed by atoms with Gasteiger partial charge in [0.05, 0.1) is 39.2 Å². The molecule has 20 heavy (non-hydrogen) atoms. The summed E-state index contributed by atoms with van der Waals surface area (Å²) >= 11 is 0. The molecule has 1 aromatic rings. The van der Waals surface area contributed by atoms with Crippen molar-refractivity contribution in [2.45, 2.75) is 0 Å². The second kappa shape index (κ2) is 5.38. The Morgan fingerprint density at radius 2 is 1.75 bits per heavy atom. The molecule has 0 saturated heterocycles. The third kappa shape index (κ3) is 1.87. The zero-order chi connectivity index (χ0) is 14.9. The number of Topliss-reactive ketones (excluding diaryl/α,β-unsaturated/α-hetero) is 1. The van der Waals surface area contributed by atoms with Gasteiger partial charge in [0.25, 0.3) is 11.7 Å². The summed E-state index contributed by atoms with van der Waals surface area (Å²) in [6.45, 7) is -0.231. The molecule has 0 bridgehead atoms. The van der Waals surface area contributed by atoms with Crippen LogP contribution >= 0.6 is 0 Å². The number of methoxy groups -OCH3 is 3. The lowest BCUT2D eigenvalue weighted by atomic mass is 10.1. The van der Waals surface area contributed by atoms with Gasteiger partial charge in [-0.25, -0.2) is 0 Å². The van der Waals surface area contributed by atoms with Crippen LogP contribution in [0.5, 0.6) is 17.2 Å². The zero-order valence-corrected chi connectivity index (χ0v) is 11.4. The van der Waals surface area contributed by atoms with E-state index < -0.39 is 11.7 Å². The quantitative estimate of drug-likeness (QED) is 0.778. The highest BCUT2D eigenvalue weighted by Gasteiger charge is 2.40. The van der Waals surface area contributed by atoms with Gasteiger partial charge in [-0.3, -0.25) is 9.59 Å². The molecule has 0 aliphatic carbocycles. The predicted octanol–water partition coefficient (Wildman–Crippen LogP) is 0.234. The number of anilines is 1. The van der Waals surface area contributed by atoms with E-state index >= 15 is 0 Å². The van der Waals surface area contributed by atoms with Crippen LogP contribution in [0.3, 0.4) is 0 Å². The van der Waals surface area contributed by atoms with Crippen molar-refractivity contribution in [3.8, 4) is 17.2 Å². The molecule has 0 fully saturated rings. The van der Waals surface area contributed by atoms with Gasteiger partial charge < -0.3 is 24.2 Å². The molecule has 1 heterocycles. The van der Waals surface area contributed by atoms with Crippen LogP contribution in [-0.2, 0) is 4.79 Å². The highest BCUT2D eigenvalue weighted by atomic mass is 16.5. The van der Waals surface area contributed by atoms with Crippen molar-refractivity contribution in [3.63, 3.8) is 0 Å². The maximum Gasteiger partial charge on any atom is 0.299 e. The number of amides is 1. The fraction of sp³-hybridized carbons (Fsp3) is 0.385. The Morgan fingerprint density at radius 3 is 2.25 bits per heavy atom. The standard InChI is InChI=1S/C13H15NO6/c1-18-8-6-7-9(12(20-3)11(8)19-2)10(16)13(17)14(7)4-5-15/h6,15H,4-5H2,1-3H3. The summed E-state index contributed by atoms with van der Waals surface area (Å²) in [7, 11) is 4.24. The second-order valence-corrected chi connectivity index (χ2v) is 4.05. The first kappa shape index (κ1) is 14.1. The fourth-order valence-electron chi connectivity index (χ4n) is 2.24. The molecule has 7 heteroatoms. The van der Waals surface area contributed by atoms with Crippen molar-refractivity contribution < 1.29 is 28.9 Å². The molecule has 7 nitrogen and oxygen atoms in total. The molecule has 0 radical (unpaired) electrons. The molecule has 1 amide bonds. The summed E-state index contributed by atoms with van der Waals surface area (Å²) < 4.78 is 15.6. The number of hydrogen-bond acceptors (Lipinski definition) is 6. The van der Waals surface area contributed by atoms with Crippen molar-refractivity contribution in [2.75, 3.05) is 39.4 Å². The van der Waals surface area contributed by atoms with Crippen molar-refractivity contribution in [1.29, 1.82) is 0 Å². The summed E-state index contributed by atoms with van der Waals surface area (Å²) in [5.74, 6) is -0.649. The second-order valence-electron chi connectivity index (χ2n) is 4.05. The van der Waals surface area contributed by atoms with Crippen LogP contribution in [0.1, 0.15) is 10.4 Å². The van der Waals surface area contributed by atoms with E-state index in [1.54, 1.807) is 0 Å². The van der Waals surface area contributed by atoms with Crippen LogP contribution in [0.15, 0.2) is 6.07 Å². The van der Waals surface area contributed by atoms with Gasteiger partial charge in [0, 0.05) is 12.6 Å². The summed E-state index contributed by atoms with van der Waals surface area (Å²) in [6, 6.07) is 1.52. The average Bonchev–Trinajstić information content (AvgIpc) is 2.70. The highest BCUT2D eigenvalue weighted by molar-refractivity contribution is 6.53. The van der Waals surface area contributed by atoms with Crippen LogP contribution in [0.4, 0.5) is 5.69 Å². The Labute approximate surface area is 115 Å². The first-order chi connectivity index (χ1) is 9.60. The van der Waals surface area contributed by atoms with E-state index in [1.165, 1.54) is 32.3 Å². The molecule has 0 unspecified atom stereocenters. The van der Waals surface area contributed by atoms with Gasteiger partial charge in [0.15, 0.2) is 11.5 Å². The Hall–Kier alpha value is -2.28. The fourth-order valence-corrected chi connectivity index (χ4v) is 2.24. The molecule has 1 aromatic carbocycles. The lowest BCUT2D eigenvalue weighted by Crippen LogP contribution is -2.32. The van der Waals surface area contributed by atoms with Gasteiger partial charge in [0.2, 0.25) is 5.75 Å². The minimum Gasteiger partial charge on any atom is -0.493 e. The monoisotopic (exact) mass is 281 g/mol. The van der Waals surface area contributed by atoms with Crippen LogP contribution in [0, 0.1) is 0 Å².